The zero-order valence-corrected chi connectivity index (χ0v) is 8.46. The molecule has 3 atom stereocenters. The Morgan fingerprint density at radius 3 is 2.93 bits per heavy atom. The summed E-state index contributed by atoms with van der Waals surface area (Å²) in [7, 11) is 0. The summed E-state index contributed by atoms with van der Waals surface area (Å²) in [5.74, 6) is -1.52. The van der Waals surface area contributed by atoms with Crippen molar-refractivity contribution in [3.63, 3.8) is 0 Å². The number of hydrogen-bond acceptors (Lipinski definition) is 1. The second kappa shape index (κ2) is 2.73. The summed E-state index contributed by atoms with van der Waals surface area (Å²) in [5, 5.41) is 9.02. The van der Waals surface area contributed by atoms with Gasteiger partial charge in [-0.1, -0.05) is 17.7 Å². The van der Waals surface area contributed by atoms with Gasteiger partial charge < -0.3 is 5.11 Å². The molecule has 1 fully saturated rings. The van der Waals surface area contributed by atoms with Crippen molar-refractivity contribution in [3.05, 3.63) is 34.1 Å². The van der Waals surface area contributed by atoms with Crippen LogP contribution in [0.4, 0.5) is 4.39 Å². The van der Waals surface area contributed by atoms with Gasteiger partial charge in [-0.3, -0.25) is 4.79 Å². The Hall–Kier alpha value is -1.09. The molecule has 0 saturated heterocycles. The Morgan fingerprint density at radius 1 is 1.53 bits per heavy atom. The van der Waals surface area contributed by atoms with Gasteiger partial charge in [-0.2, -0.15) is 0 Å². The van der Waals surface area contributed by atoms with Gasteiger partial charge in [0.1, 0.15) is 5.82 Å². The average Bonchev–Trinajstić information content (AvgIpc) is 2.76. The van der Waals surface area contributed by atoms with E-state index in [1.165, 1.54) is 6.07 Å². The second-order valence-electron chi connectivity index (χ2n) is 4.19. The molecule has 78 valence electrons. The Labute approximate surface area is 90.7 Å². The maximum atomic E-state index is 13.2. The molecule has 1 aromatic rings. The summed E-state index contributed by atoms with van der Waals surface area (Å²) >= 11 is 5.86. The van der Waals surface area contributed by atoms with Gasteiger partial charge in [-0.25, -0.2) is 4.39 Å². The van der Waals surface area contributed by atoms with Crippen LogP contribution in [0.2, 0.25) is 5.02 Å². The molecule has 0 heterocycles. The molecule has 0 radical (unpaired) electrons. The molecule has 2 aliphatic carbocycles. The predicted octanol–water partition coefficient (Wildman–Crippen LogP) is 2.45. The highest BCUT2D eigenvalue weighted by Crippen LogP contribution is 2.63. The van der Waals surface area contributed by atoms with E-state index in [4.69, 9.17) is 16.7 Å². The zero-order chi connectivity index (χ0) is 10.7. The number of benzene rings is 1. The lowest BCUT2D eigenvalue weighted by molar-refractivity contribution is -0.139. The van der Waals surface area contributed by atoms with Gasteiger partial charge in [0.25, 0.3) is 0 Å². The van der Waals surface area contributed by atoms with E-state index in [9.17, 15) is 9.18 Å². The minimum Gasteiger partial charge on any atom is -0.481 e. The molecule has 0 aliphatic heterocycles. The predicted molar refractivity (Wildman–Crippen MR) is 52.5 cm³/mol. The molecule has 0 bridgehead atoms. The van der Waals surface area contributed by atoms with E-state index in [0.29, 0.717) is 0 Å². The first kappa shape index (κ1) is 9.16. The quantitative estimate of drug-likeness (QED) is 0.799. The lowest BCUT2D eigenvalue weighted by Crippen LogP contribution is -2.05. The summed E-state index contributed by atoms with van der Waals surface area (Å²) in [5.41, 5.74) is 1.74. The van der Waals surface area contributed by atoms with Gasteiger partial charge in [-0.15, -0.1) is 0 Å². The number of carboxylic acids is 1. The van der Waals surface area contributed by atoms with Crippen LogP contribution in [-0.4, -0.2) is 11.1 Å². The fourth-order valence-electron chi connectivity index (χ4n) is 2.76. The Morgan fingerprint density at radius 2 is 2.27 bits per heavy atom. The summed E-state index contributed by atoms with van der Waals surface area (Å²) in [6.07, 6.45) is 0.719. The Bertz CT molecular complexity index is 472. The average molecular weight is 227 g/mol. The number of halogens is 2. The van der Waals surface area contributed by atoms with E-state index in [1.54, 1.807) is 6.07 Å². The van der Waals surface area contributed by atoms with Crippen LogP contribution in [0, 0.1) is 17.7 Å². The third-order valence-electron chi connectivity index (χ3n) is 3.47. The molecule has 15 heavy (non-hydrogen) atoms. The first-order valence-electron chi connectivity index (χ1n) is 4.81. The molecule has 1 aromatic carbocycles. The molecule has 0 unspecified atom stereocenters. The standard InChI is InChI=1S/C11H8ClFO2/c12-10-6(13)2-1-4-3-5-8(7(4)10)9(5)11(14)15/h1-2,5,8-9H,3H2,(H,14,15)/t5-,8+,9-/m1/s1. The van der Waals surface area contributed by atoms with Crippen molar-refractivity contribution < 1.29 is 14.3 Å². The Kier molecular flexibility index (Phi) is 1.67. The highest BCUT2D eigenvalue weighted by atomic mass is 35.5. The molecule has 2 aliphatic rings. The van der Waals surface area contributed by atoms with Crippen LogP contribution in [0.5, 0.6) is 0 Å². The second-order valence-corrected chi connectivity index (χ2v) is 4.57. The number of rotatable bonds is 1. The summed E-state index contributed by atoms with van der Waals surface area (Å²) < 4.78 is 13.2. The number of fused-ring (bicyclic) bond motifs is 3. The van der Waals surface area contributed by atoms with Crippen LogP contribution in [0.25, 0.3) is 0 Å². The van der Waals surface area contributed by atoms with E-state index < -0.39 is 11.8 Å². The Balaban J connectivity index is 2.08. The van der Waals surface area contributed by atoms with Crippen molar-refractivity contribution in [1.82, 2.24) is 0 Å². The maximum Gasteiger partial charge on any atom is 0.307 e. The maximum absolute atomic E-state index is 13.2. The smallest absolute Gasteiger partial charge is 0.307 e. The number of hydrogen-bond donors (Lipinski definition) is 1. The van der Waals surface area contributed by atoms with E-state index >= 15 is 0 Å². The fraction of sp³-hybridized carbons (Fsp3) is 0.364. The number of carbonyl (C=O) groups is 1. The van der Waals surface area contributed by atoms with Gasteiger partial charge in [0, 0.05) is 5.92 Å². The van der Waals surface area contributed by atoms with Crippen LogP contribution in [-0.2, 0) is 11.2 Å². The SMILES string of the molecule is O=C(O)[C@@H]1[C@@H]2Cc3ccc(F)c(Cl)c3[C@H]21. The third kappa shape index (κ3) is 1.07. The normalized spacial score (nSPS) is 30.9. The highest BCUT2D eigenvalue weighted by molar-refractivity contribution is 6.31. The third-order valence-corrected chi connectivity index (χ3v) is 3.85. The van der Waals surface area contributed by atoms with Crippen molar-refractivity contribution in [1.29, 1.82) is 0 Å². The van der Waals surface area contributed by atoms with Gasteiger partial charge in [0.05, 0.1) is 10.9 Å². The number of aliphatic carboxylic acids is 1. The van der Waals surface area contributed by atoms with Crippen molar-refractivity contribution in [3.8, 4) is 0 Å². The van der Waals surface area contributed by atoms with Gasteiger partial charge >= 0.3 is 5.97 Å². The van der Waals surface area contributed by atoms with Crippen LogP contribution in [0.3, 0.4) is 0 Å². The van der Waals surface area contributed by atoms with Crippen molar-refractivity contribution in [2.24, 2.45) is 11.8 Å². The summed E-state index contributed by atoms with van der Waals surface area (Å²) in [6.45, 7) is 0. The molecule has 1 saturated carbocycles. The molecule has 0 amide bonds. The van der Waals surface area contributed by atoms with E-state index in [-0.39, 0.29) is 22.8 Å². The number of carboxylic acid groups (broad SMARTS) is 1. The molecular weight excluding hydrogens is 219 g/mol. The lowest BCUT2D eigenvalue weighted by Gasteiger charge is -2.07. The van der Waals surface area contributed by atoms with Crippen LogP contribution >= 0.6 is 11.6 Å². The first-order chi connectivity index (χ1) is 7.11. The lowest BCUT2D eigenvalue weighted by atomic mass is 10.0. The largest absolute Gasteiger partial charge is 0.481 e. The van der Waals surface area contributed by atoms with Gasteiger partial charge in [-0.05, 0) is 29.5 Å². The van der Waals surface area contributed by atoms with E-state index in [1.807, 2.05) is 0 Å². The summed E-state index contributed by atoms with van der Waals surface area (Å²) in [6, 6.07) is 3.06. The van der Waals surface area contributed by atoms with Crippen molar-refractivity contribution in [2.75, 3.05) is 0 Å². The van der Waals surface area contributed by atoms with Gasteiger partial charge in [0.2, 0.25) is 0 Å². The molecule has 2 nitrogen and oxygen atoms in total. The monoisotopic (exact) mass is 226 g/mol. The van der Waals surface area contributed by atoms with E-state index in [0.717, 1.165) is 17.5 Å². The minimum absolute atomic E-state index is 0.0549. The van der Waals surface area contributed by atoms with E-state index in [2.05, 4.69) is 0 Å². The summed E-state index contributed by atoms with van der Waals surface area (Å²) in [4.78, 5) is 10.8. The molecular formula is C11H8ClFO2. The van der Waals surface area contributed by atoms with Crippen LogP contribution in [0.15, 0.2) is 12.1 Å². The highest BCUT2D eigenvalue weighted by Gasteiger charge is 2.60. The molecule has 4 heteroatoms. The topological polar surface area (TPSA) is 37.3 Å². The minimum atomic E-state index is -0.795. The van der Waals surface area contributed by atoms with Crippen molar-refractivity contribution in [2.45, 2.75) is 12.3 Å². The molecule has 0 aromatic heterocycles. The fourth-order valence-corrected chi connectivity index (χ4v) is 3.07. The van der Waals surface area contributed by atoms with Crippen LogP contribution < -0.4 is 0 Å². The first-order valence-corrected chi connectivity index (χ1v) is 5.18. The zero-order valence-electron chi connectivity index (χ0n) is 7.71. The van der Waals surface area contributed by atoms with Crippen molar-refractivity contribution >= 4 is 17.6 Å². The van der Waals surface area contributed by atoms with Crippen LogP contribution in [0.1, 0.15) is 17.0 Å². The molecule has 1 N–H and O–H groups in total. The van der Waals surface area contributed by atoms with Gasteiger partial charge in [0.15, 0.2) is 0 Å². The molecule has 3 rings (SSSR count). The molecule has 0 spiro atoms.